The molecule has 0 aliphatic heterocycles. The van der Waals surface area contributed by atoms with E-state index in [2.05, 4.69) is 0 Å². The maximum atomic E-state index is 12.9. The summed E-state index contributed by atoms with van der Waals surface area (Å²) in [4.78, 5) is 12.1. The van der Waals surface area contributed by atoms with Crippen molar-refractivity contribution >= 4 is 12.0 Å². The minimum absolute atomic E-state index is 0.0315. The number of nitrogens with zero attached hydrogens (tertiary/aromatic N) is 1. The highest BCUT2D eigenvalue weighted by Crippen LogP contribution is 2.36. The molecule has 0 fully saturated rings. The number of aldehydes is 1. The van der Waals surface area contributed by atoms with Gasteiger partial charge in [0.15, 0.2) is 0 Å². The summed E-state index contributed by atoms with van der Waals surface area (Å²) in [7, 11) is 1.62. The molecule has 5 heteroatoms. The third kappa shape index (κ3) is 3.48. The first-order chi connectivity index (χ1) is 8.25. The lowest BCUT2D eigenvalue weighted by Crippen LogP contribution is -2.25. The van der Waals surface area contributed by atoms with E-state index in [0.717, 1.165) is 6.07 Å². The van der Waals surface area contributed by atoms with Gasteiger partial charge in [-0.3, -0.25) is 4.79 Å². The monoisotopic (exact) mass is 259 g/mol. The number of carbonyl (C=O) groups is 1. The first-order valence-corrected chi connectivity index (χ1v) is 5.63. The van der Waals surface area contributed by atoms with Crippen LogP contribution >= 0.6 is 0 Å². The molecule has 0 saturated heterocycles. The minimum atomic E-state index is -4.46. The molecule has 0 amide bonds. The van der Waals surface area contributed by atoms with Gasteiger partial charge in [0.05, 0.1) is 5.56 Å². The van der Waals surface area contributed by atoms with Gasteiger partial charge in [-0.2, -0.15) is 13.2 Å². The van der Waals surface area contributed by atoms with E-state index >= 15 is 0 Å². The van der Waals surface area contributed by atoms with Gasteiger partial charge in [0.25, 0.3) is 0 Å². The largest absolute Gasteiger partial charge is 0.418 e. The van der Waals surface area contributed by atoms with Crippen LogP contribution in [-0.2, 0) is 6.18 Å². The van der Waals surface area contributed by atoms with Gasteiger partial charge < -0.3 is 4.90 Å². The molecule has 0 bridgehead atoms. The van der Waals surface area contributed by atoms with Crippen LogP contribution in [0.2, 0.25) is 0 Å². The Morgan fingerprint density at radius 3 is 2.39 bits per heavy atom. The summed E-state index contributed by atoms with van der Waals surface area (Å²) in [6.07, 6.45) is -4.04. The predicted octanol–water partition coefficient (Wildman–Crippen LogP) is 3.61. The summed E-state index contributed by atoms with van der Waals surface area (Å²) >= 11 is 0. The molecular weight excluding hydrogens is 243 g/mol. The molecule has 2 nitrogen and oxygen atoms in total. The third-order valence-electron chi connectivity index (χ3n) is 2.51. The fourth-order valence-corrected chi connectivity index (χ4v) is 1.83. The molecule has 1 aromatic carbocycles. The average Bonchev–Trinajstić information content (AvgIpc) is 2.26. The molecule has 100 valence electrons. The Kier molecular flexibility index (Phi) is 4.38. The molecule has 0 aliphatic carbocycles. The Bertz CT molecular complexity index is 427. The number of halogens is 3. The lowest BCUT2D eigenvalue weighted by Gasteiger charge is -2.25. The lowest BCUT2D eigenvalue weighted by atomic mass is 10.1. The Labute approximate surface area is 104 Å². The Morgan fingerprint density at radius 1 is 1.33 bits per heavy atom. The van der Waals surface area contributed by atoms with Crippen molar-refractivity contribution in [1.29, 1.82) is 0 Å². The first-order valence-electron chi connectivity index (χ1n) is 5.63. The number of hydrogen-bond donors (Lipinski definition) is 0. The zero-order chi connectivity index (χ0) is 13.9. The van der Waals surface area contributed by atoms with Crippen LogP contribution < -0.4 is 4.90 Å². The number of alkyl halides is 3. The van der Waals surface area contributed by atoms with Gasteiger partial charge in [-0.25, -0.2) is 0 Å². The minimum Gasteiger partial charge on any atom is -0.374 e. The van der Waals surface area contributed by atoms with Crippen molar-refractivity contribution in [2.24, 2.45) is 5.92 Å². The quantitative estimate of drug-likeness (QED) is 0.770. The fourth-order valence-electron chi connectivity index (χ4n) is 1.83. The van der Waals surface area contributed by atoms with Crippen LogP contribution in [0.4, 0.5) is 18.9 Å². The van der Waals surface area contributed by atoms with E-state index in [1.54, 1.807) is 11.9 Å². The third-order valence-corrected chi connectivity index (χ3v) is 2.51. The van der Waals surface area contributed by atoms with Crippen LogP contribution in [0.25, 0.3) is 0 Å². The van der Waals surface area contributed by atoms with Crippen molar-refractivity contribution in [3.05, 3.63) is 29.3 Å². The Balaban J connectivity index is 3.22. The van der Waals surface area contributed by atoms with Gasteiger partial charge in [0.1, 0.15) is 6.29 Å². The second-order valence-electron chi connectivity index (χ2n) is 4.67. The fraction of sp³-hybridized carbons (Fsp3) is 0.462. The summed E-state index contributed by atoms with van der Waals surface area (Å²) in [6.45, 7) is 4.39. The van der Waals surface area contributed by atoms with E-state index in [0.29, 0.717) is 12.8 Å². The topological polar surface area (TPSA) is 20.3 Å². The van der Waals surface area contributed by atoms with Gasteiger partial charge >= 0.3 is 6.18 Å². The van der Waals surface area contributed by atoms with E-state index in [9.17, 15) is 18.0 Å². The SMILES string of the molecule is CC(C)CN(C)c1ccc(C=O)cc1C(F)(F)F. The van der Waals surface area contributed by atoms with Crippen molar-refractivity contribution in [3.63, 3.8) is 0 Å². The molecule has 1 aromatic rings. The van der Waals surface area contributed by atoms with E-state index in [1.807, 2.05) is 13.8 Å². The molecular formula is C13H16F3NO. The number of anilines is 1. The van der Waals surface area contributed by atoms with E-state index < -0.39 is 11.7 Å². The molecule has 0 N–H and O–H groups in total. The summed E-state index contributed by atoms with van der Waals surface area (Å²) in [6, 6.07) is 3.63. The van der Waals surface area contributed by atoms with Crippen LogP contribution in [0.1, 0.15) is 29.8 Å². The molecule has 0 unspecified atom stereocenters. The summed E-state index contributed by atoms with van der Waals surface area (Å²) in [5.41, 5.74) is -0.638. The number of hydrogen-bond acceptors (Lipinski definition) is 2. The van der Waals surface area contributed by atoms with Gasteiger partial charge in [0.2, 0.25) is 0 Å². The maximum absolute atomic E-state index is 12.9. The summed E-state index contributed by atoms with van der Waals surface area (Å²) in [5, 5.41) is 0. The first kappa shape index (κ1) is 14.5. The van der Waals surface area contributed by atoms with Crippen LogP contribution in [0.5, 0.6) is 0 Å². The van der Waals surface area contributed by atoms with Crippen LogP contribution in [0.15, 0.2) is 18.2 Å². The van der Waals surface area contributed by atoms with Gasteiger partial charge in [-0.15, -0.1) is 0 Å². The van der Waals surface area contributed by atoms with Crippen LogP contribution in [0.3, 0.4) is 0 Å². The predicted molar refractivity (Wildman–Crippen MR) is 64.9 cm³/mol. The molecule has 0 aliphatic rings. The van der Waals surface area contributed by atoms with Crippen molar-refractivity contribution in [1.82, 2.24) is 0 Å². The maximum Gasteiger partial charge on any atom is 0.418 e. The van der Waals surface area contributed by atoms with Crippen LogP contribution in [0, 0.1) is 5.92 Å². The highest BCUT2D eigenvalue weighted by molar-refractivity contribution is 5.77. The molecule has 0 atom stereocenters. The Morgan fingerprint density at radius 2 is 1.94 bits per heavy atom. The average molecular weight is 259 g/mol. The molecule has 0 spiro atoms. The lowest BCUT2D eigenvalue weighted by molar-refractivity contribution is -0.137. The molecule has 18 heavy (non-hydrogen) atoms. The number of benzene rings is 1. The van der Waals surface area contributed by atoms with Crippen molar-refractivity contribution in [2.75, 3.05) is 18.5 Å². The van der Waals surface area contributed by atoms with E-state index in [1.165, 1.54) is 12.1 Å². The van der Waals surface area contributed by atoms with Gasteiger partial charge in [-0.05, 0) is 24.1 Å². The summed E-state index contributed by atoms with van der Waals surface area (Å²) < 4.78 is 38.8. The molecule has 0 heterocycles. The Hall–Kier alpha value is -1.52. The van der Waals surface area contributed by atoms with Crippen LogP contribution in [-0.4, -0.2) is 19.9 Å². The highest BCUT2D eigenvalue weighted by atomic mass is 19.4. The smallest absolute Gasteiger partial charge is 0.374 e. The van der Waals surface area contributed by atoms with E-state index in [4.69, 9.17) is 0 Å². The molecule has 0 aromatic heterocycles. The second kappa shape index (κ2) is 5.42. The normalized spacial score (nSPS) is 11.7. The van der Waals surface area contributed by atoms with Crippen molar-refractivity contribution in [2.45, 2.75) is 20.0 Å². The molecule has 0 radical (unpaired) electrons. The summed E-state index contributed by atoms with van der Waals surface area (Å²) in [5.74, 6) is 0.252. The van der Waals surface area contributed by atoms with E-state index in [-0.39, 0.29) is 17.2 Å². The molecule has 1 rings (SSSR count). The van der Waals surface area contributed by atoms with Gasteiger partial charge in [-0.1, -0.05) is 13.8 Å². The number of carbonyl (C=O) groups excluding carboxylic acids is 1. The van der Waals surface area contributed by atoms with Crippen molar-refractivity contribution < 1.29 is 18.0 Å². The molecule has 0 saturated carbocycles. The van der Waals surface area contributed by atoms with Crippen molar-refractivity contribution in [3.8, 4) is 0 Å². The zero-order valence-electron chi connectivity index (χ0n) is 10.6. The van der Waals surface area contributed by atoms with Gasteiger partial charge in [0, 0.05) is 24.8 Å². The second-order valence-corrected chi connectivity index (χ2v) is 4.67. The zero-order valence-corrected chi connectivity index (χ0v) is 10.6. The number of rotatable bonds is 4. The highest BCUT2D eigenvalue weighted by Gasteiger charge is 2.34. The standard InChI is InChI=1S/C13H16F3NO/c1-9(2)7-17(3)12-5-4-10(8-18)6-11(12)13(14,15)16/h4-6,8-9H,7H2,1-3H3.